The van der Waals surface area contributed by atoms with E-state index in [1.807, 2.05) is 0 Å². The maximum atomic E-state index is 12.2. The zero-order chi connectivity index (χ0) is 15.6. The smallest absolute Gasteiger partial charge is 0.319 e. The zero-order valence-electron chi connectivity index (χ0n) is 12.8. The molecule has 0 radical (unpaired) electrons. The minimum absolute atomic E-state index is 0.0222. The molecular weight excluding hydrogens is 274 g/mol. The van der Waals surface area contributed by atoms with Crippen LogP contribution in [0.2, 0.25) is 0 Å². The molecule has 0 unspecified atom stereocenters. The van der Waals surface area contributed by atoms with Crippen LogP contribution in [0.3, 0.4) is 0 Å². The molecule has 2 fully saturated rings. The van der Waals surface area contributed by atoms with Crippen molar-refractivity contribution in [1.29, 1.82) is 0 Å². The van der Waals surface area contributed by atoms with E-state index in [0.717, 1.165) is 0 Å². The van der Waals surface area contributed by atoms with Gasteiger partial charge in [-0.25, -0.2) is 9.59 Å². The molecule has 8 heteroatoms. The highest BCUT2D eigenvalue weighted by Gasteiger charge is 2.44. The number of hydrogen-bond acceptors (Lipinski definition) is 3. The van der Waals surface area contributed by atoms with Gasteiger partial charge in [0.25, 0.3) is 0 Å². The molecule has 0 aromatic carbocycles. The van der Waals surface area contributed by atoms with Crippen LogP contribution in [0.5, 0.6) is 0 Å². The Balaban J connectivity index is 2.22. The van der Waals surface area contributed by atoms with Gasteiger partial charge in [-0.05, 0) is 0 Å². The monoisotopic (exact) mass is 297 g/mol. The first-order valence-electron chi connectivity index (χ1n) is 7.06. The van der Waals surface area contributed by atoms with Crippen molar-refractivity contribution in [3.05, 3.63) is 0 Å². The molecule has 2 aliphatic rings. The van der Waals surface area contributed by atoms with Crippen LogP contribution in [-0.2, 0) is 4.79 Å². The lowest BCUT2D eigenvalue weighted by molar-refractivity contribution is -0.119. The van der Waals surface area contributed by atoms with Crippen LogP contribution in [0.15, 0.2) is 0 Å². The largest absolute Gasteiger partial charge is 0.355 e. The van der Waals surface area contributed by atoms with Crippen LogP contribution in [0.4, 0.5) is 9.59 Å². The fraction of sp³-hybridized carbons (Fsp3) is 0.769. The second kappa shape index (κ2) is 5.79. The van der Waals surface area contributed by atoms with E-state index in [2.05, 4.69) is 10.6 Å². The van der Waals surface area contributed by atoms with Crippen molar-refractivity contribution in [3.8, 4) is 0 Å². The SMILES string of the molecule is CNC(=O)N1CCN(C(=O)N(C)C)C[C@@]2(CNC(=O)C2)C1. The van der Waals surface area contributed by atoms with Gasteiger partial charge in [-0.2, -0.15) is 0 Å². The molecule has 118 valence electrons. The molecule has 2 saturated heterocycles. The van der Waals surface area contributed by atoms with E-state index in [0.29, 0.717) is 39.1 Å². The molecule has 1 atom stereocenters. The minimum atomic E-state index is -0.397. The average Bonchev–Trinajstić information content (AvgIpc) is 2.69. The van der Waals surface area contributed by atoms with Gasteiger partial charge < -0.3 is 25.3 Å². The topological polar surface area (TPSA) is 85.0 Å². The third-order valence-corrected chi connectivity index (χ3v) is 4.04. The van der Waals surface area contributed by atoms with Gasteiger partial charge in [0.2, 0.25) is 5.91 Å². The van der Waals surface area contributed by atoms with Gasteiger partial charge in [-0.1, -0.05) is 0 Å². The molecule has 0 bridgehead atoms. The lowest BCUT2D eigenvalue weighted by Gasteiger charge is -2.33. The molecule has 0 aromatic rings. The molecule has 0 aliphatic carbocycles. The van der Waals surface area contributed by atoms with Crippen LogP contribution in [-0.4, -0.2) is 86.5 Å². The maximum Gasteiger partial charge on any atom is 0.319 e. The summed E-state index contributed by atoms with van der Waals surface area (Å²) in [6.07, 6.45) is 0.345. The van der Waals surface area contributed by atoms with Gasteiger partial charge in [0.1, 0.15) is 0 Å². The zero-order valence-corrected chi connectivity index (χ0v) is 12.8. The molecule has 2 N–H and O–H groups in total. The standard InChI is InChI=1S/C13H23N5O3/c1-14-11(20)17-4-5-18(12(21)16(2)3)9-13(8-17)6-10(19)15-7-13/h4-9H2,1-3H3,(H,14,20)(H,15,19)/t13-/m0/s1. The average molecular weight is 297 g/mol. The molecule has 1 spiro atoms. The highest BCUT2D eigenvalue weighted by molar-refractivity contribution is 5.80. The predicted octanol–water partition coefficient (Wildman–Crippen LogP) is -0.869. The lowest BCUT2D eigenvalue weighted by atomic mass is 9.86. The fourth-order valence-corrected chi connectivity index (χ4v) is 3.01. The van der Waals surface area contributed by atoms with E-state index in [1.54, 1.807) is 30.9 Å². The van der Waals surface area contributed by atoms with Crippen molar-refractivity contribution < 1.29 is 14.4 Å². The summed E-state index contributed by atoms with van der Waals surface area (Å²) in [6.45, 7) is 2.39. The van der Waals surface area contributed by atoms with E-state index in [-0.39, 0.29) is 18.0 Å². The summed E-state index contributed by atoms with van der Waals surface area (Å²) in [5, 5.41) is 5.44. The number of carbonyl (C=O) groups excluding carboxylic acids is 3. The van der Waals surface area contributed by atoms with Crippen LogP contribution >= 0.6 is 0 Å². The highest BCUT2D eigenvalue weighted by atomic mass is 16.2. The van der Waals surface area contributed by atoms with Crippen molar-refractivity contribution in [2.24, 2.45) is 5.41 Å². The Hall–Kier alpha value is -1.99. The molecule has 5 amide bonds. The number of amides is 5. The maximum absolute atomic E-state index is 12.2. The van der Waals surface area contributed by atoms with Gasteiger partial charge in [0, 0.05) is 65.7 Å². The Morgan fingerprint density at radius 1 is 1.24 bits per heavy atom. The molecule has 2 aliphatic heterocycles. The number of nitrogens with one attached hydrogen (secondary N) is 2. The first kappa shape index (κ1) is 15.4. The molecule has 0 aromatic heterocycles. The van der Waals surface area contributed by atoms with E-state index in [9.17, 15) is 14.4 Å². The van der Waals surface area contributed by atoms with Crippen molar-refractivity contribution >= 4 is 18.0 Å². The molecule has 8 nitrogen and oxygen atoms in total. The highest BCUT2D eigenvalue weighted by Crippen LogP contribution is 2.31. The number of carbonyl (C=O) groups is 3. The van der Waals surface area contributed by atoms with E-state index < -0.39 is 5.41 Å². The normalized spacial score (nSPS) is 25.6. The summed E-state index contributed by atoms with van der Waals surface area (Å²) in [5.74, 6) is -0.0222. The molecule has 2 heterocycles. The molecule has 0 saturated carbocycles. The summed E-state index contributed by atoms with van der Waals surface area (Å²) in [4.78, 5) is 40.8. The Kier molecular flexibility index (Phi) is 4.24. The fourth-order valence-electron chi connectivity index (χ4n) is 3.01. The van der Waals surface area contributed by atoms with Gasteiger partial charge in [0.15, 0.2) is 0 Å². The van der Waals surface area contributed by atoms with Crippen molar-refractivity contribution in [3.63, 3.8) is 0 Å². The van der Waals surface area contributed by atoms with Crippen molar-refractivity contribution in [1.82, 2.24) is 25.3 Å². The first-order chi connectivity index (χ1) is 9.87. The van der Waals surface area contributed by atoms with Crippen LogP contribution in [0, 0.1) is 5.41 Å². The van der Waals surface area contributed by atoms with Gasteiger partial charge >= 0.3 is 12.1 Å². The number of rotatable bonds is 0. The third-order valence-electron chi connectivity index (χ3n) is 4.04. The Morgan fingerprint density at radius 3 is 2.38 bits per heavy atom. The molecule has 21 heavy (non-hydrogen) atoms. The Labute approximate surface area is 124 Å². The van der Waals surface area contributed by atoms with Gasteiger partial charge in [-0.15, -0.1) is 0 Å². The summed E-state index contributed by atoms with van der Waals surface area (Å²) >= 11 is 0. The van der Waals surface area contributed by atoms with Gasteiger partial charge in [0.05, 0.1) is 0 Å². The summed E-state index contributed by atoms with van der Waals surface area (Å²) in [5.41, 5.74) is -0.397. The second-order valence-electron chi connectivity index (χ2n) is 6.03. The van der Waals surface area contributed by atoms with E-state index >= 15 is 0 Å². The van der Waals surface area contributed by atoms with Crippen LogP contribution in [0.25, 0.3) is 0 Å². The third kappa shape index (κ3) is 3.20. The van der Waals surface area contributed by atoms with Crippen LogP contribution in [0.1, 0.15) is 6.42 Å². The Morgan fingerprint density at radius 2 is 1.86 bits per heavy atom. The molecule has 2 rings (SSSR count). The Bertz CT molecular complexity index is 453. The minimum Gasteiger partial charge on any atom is -0.355 e. The number of hydrogen-bond donors (Lipinski definition) is 2. The summed E-state index contributed by atoms with van der Waals surface area (Å²) < 4.78 is 0. The first-order valence-corrected chi connectivity index (χ1v) is 7.06. The quantitative estimate of drug-likeness (QED) is 0.609. The number of urea groups is 2. The summed E-state index contributed by atoms with van der Waals surface area (Å²) in [6, 6.07) is -0.264. The van der Waals surface area contributed by atoms with Crippen LogP contribution < -0.4 is 10.6 Å². The predicted molar refractivity (Wildman–Crippen MR) is 76.7 cm³/mol. The second-order valence-corrected chi connectivity index (χ2v) is 6.03. The van der Waals surface area contributed by atoms with Crippen molar-refractivity contribution in [2.45, 2.75) is 6.42 Å². The van der Waals surface area contributed by atoms with Crippen molar-refractivity contribution in [2.75, 3.05) is 53.9 Å². The summed E-state index contributed by atoms with van der Waals surface area (Å²) in [7, 11) is 4.99. The van der Waals surface area contributed by atoms with E-state index in [4.69, 9.17) is 0 Å². The molecular formula is C13H23N5O3. The lowest BCUT2D eigenvalue weighted by Crippen LogP contribution is -2.47. The van der Waals surface area contributed by atoms with E-state index in [1.165, 1.54) is 4.90 Å². The number of nitrogens with zero attached hydrogens (tertiary/aromatic N) is 3. The van der Waals surface area contributed by atoms with Gasteiger partial charge in [-0.3, -0.25) is 4.79 Å².